The van der Waals surface area contributed by atoms with E-state index >= 15 is 0 Å². The Morgan fingerprint density at radius 2 is 1.48 bits per heavy atom. The van der Waals surface area contributed by atoms with E-state index in [2.05, 4.69) is 28.5 Å². The summed E-state index contributed by atoms with van der Waals surface area (Å²) in [5.41, 5.74) is 6.08. The summed E-state index contributed by atoms with van der Waals surface area (Å²) in [6, 6.07) is 7.42. The van der Waals surface area contributed by atoms with Crippen LogP contribution in [-0.2, 0) is 10.0 Å². The van der Waals surface area contributed by atoms with Gasteiger partial charge in [0.05, 0.1) is 24.2 Å². The molecule has 2 rings (SSSR count). The van der Waals surface area contributed by atoms with E-state index in [0.717, 1.165) is 25.7 Å². The molecule has 148 valence electrons. The van der Waals surface area contributed by atoms with Gasteiger partial charge < -0.3 is 15.2 Å². The number of hydrogen-bond acceptors (Lipinski definition) is 7. The molecule has 27 heavy (non-hydrogen) atoms. The molecule has 3 N–H and O–H groups in total. The molecule has 0 aliphatic rings. The average Bonchev–Trinajstić information content (AvgIpc) is 2.62. The monoisotopic (exact) mass is 394 g/mol. The summed E-state index contributed by atoms with van der Waals surface area (Å²) in [5.74, 6) is 0.423. The molecule has 0 bridgehead atoms. The number of nitrogens with one attached hydrogen (secondary N) is 1. The molecule has 1 aromatic carbocycles. The highest BCUT2D eigenvalue weighted by Gasteiger charge is 2.17. The van der Waals surface area contributed by atoms with Crippen molar-refractivity contribution in [2.75, 3.05) is 23.7 Å². The predicted molar refractivity (Wildman–Crippen MR) is 105 cm³/mol. The molecule has 0 atom stereocenters. The summed E-state index contributed by atoms with van der Waals surface area (Å²) < 4.78 is 38.6. The number of unbranched alkanes of at least 4 members (excludes halogenated alkanes) is 2. The van der Waals surface area contributed by atoms with Gasteiger partial charge in [-0.2, -0.15) is 9.97 Å². The van der Waals surface area contributed by atoms with E-state index in [1.807, 2.05) is 0 Å². The SMILES string of the molecule is CCCCOc1cc(OCCCC)nc(NS(=O)(=O)c2ccc(N)cc2)n1. The number of hydrogen-bond donors (Lipinski definition) is 2. The van der Waals surface area contributed by atoms with Crippen molar-refractivity contribution >= 4 is 21.7 Å². The number of nitrogens with zero attached hydrogens (tertiary/aromatic N) is 2. The smallest absolute Gasteiger partial charge is 0.264 e. The summed E-state index contributed by atoms with van der Waals surface area (Å²) in [6.45, 7) is 5.06. The van der Waals surface area contributed by atoms with Crippen molar-refractivity contribution in [3.05, 3.63) is 30.3 Å². The van der Waals surface area contributed by atoms with Gasteiger partial charge >= 0.3 is 0 Å². The first kappa shape index (κ1) is 20.8. The highest BCUT2D eigenvalue weighted by atomic mass is 32.2. The van der Waals surface area contributed by atoms with Crippen molar-refractivity contribution in [1.29, 1.82) is 0 Å². The Labute approximate surface area is 160 Å². The van der Waals surface area contributed by atoms with Gasteiger partial charge in [-0.3, -0.25) is 0 Å². The van der Waals surface area contributed by atoms with Crippen molar-refractivity contribution in [2.45, 2.75) is 44.4 Å². The van der Waals surface area contributed by atoms with Crippen LogP contribution in [-0.4, -0.2) is 31.6 Å². The van der Waals surface area contributed by atoms with E-state index in [1.165, 1.54) is 24.3 Å². The lowest BCUT2D eigenvalue weighted by molar-refractivity contribution is 0.279. The predicted octanol–water partition coefficient (Wildman–Crippen LogP) is 3.22. The van der Waals surface area contributed by atoms with Crippen LogP contribution in [0.15, 0.2) is 35.2 Å². The summed E-state index contributed by atoms with van der Waals surface area (Å²) in [6.07, 6.45) is 3.67. The first-order valence-corrected chi connectivity index (χ1v) is 10.5. The first-order chi connectivity index (χ1) is 12.9. The van der Waals surface area contributed by atoms with Crippen molar-refractivity contribution in [2.24, 2.45) is 0 Å². The molecule has 0 saturated heterocycles. The lowest BCUT2D eigenvalue weighted by atomic mass is 10.3. The number of ether oxygens (including phenoxy) is 2. The molecule has 0 aliphatic heterocycles. The van der Waals surface area contributed by atoms with E-state index in [0.29, 0.717) is 18.9 Å². The first-order valence-electron chi connectivity index (χ1n) is 8.97. The van der Waals surface area contributed by atoms with Gasteiger partial charge in [0.2, 0.25) is 17.7 Å². The molecule has 0 spiro atoms. The van der Waals surface area contributed by atoms with Crippen LogP contribution in [0.5, 0.6) is 11.8 Å². The van der Waals surface area contributed by atoms with Crippen LogP contribution >= 0.6 is 0 Å². The minimum Gasteiger partial charge on any atom is -0.477 e. The molecule has 1 heterocycles. The Kier molecular flexibility index (Phi) is 7.66. The zero-order valence-corrected chi connectivity index (χ0v) is 16.5. The highest BCUT2D eigenvalue weighted by molar-refractivity contribution is 7.92. The van der Waals surface area contributed by atoms with Crippen LogP contribution in [0, 0.1) is 0 Å². The minimum absolute atomic E-state index is 0.0612. The average molecular weight is 394 g/mol. The van der Waals surface area contributed by atoms with Crippen LogP contribution in [0.4, 0.5) is 11.6 Å². The quantitative estimate of drug-likeness (QED) is 0.444. The number of rotatable bonds is 11. The van der Waals surface area contributed by atoms with Gasteiger partial charge in [0, 0.05) is 5.69 Å². The second-order valence-corrected chi connectivity index (χ2v) is 7.63. The fraction of sp³-hybridized carbons (Fsp3) is 0.444. The molecule has 9 heteroatoms. The summed E-state index contributed by atoms with van der Waals surface area (Å²) >= 11 is 0. The van der Waals surface area contributed by atoms with Gasteiger partial charge in [-0.05, 0) is 37.1 Å². The Morgan fingerprint density at radius 3 is 1.96 bits per heavy atom. The number of benzene rings is 1. The fourth-order valence-electron chi connectivity index (χ4n) is 2.07. The summed E-state index contributed by atoms with van der Waals surface area (Å²) in [5, 5.41) is 0. The van der Waals surface area contributed by atoms with Gasteiger partial charge in [0.1, 0.15) is 0 Å². The van der Waals surface area contributed by atoms with Crippen molar-refractivity contribution in [1.82, 2.24) is 9.97 Å². The van der Waals surface area contributed by atoms with E-state index in [1.54, 1.807) is 6.07 Å². The molecular formula is C18H26N4O4S. The Balaban J connectivity index is 2.22. The second-order valence-electron chi connectivity index (χ2n) is 5.95. The Morgan fingerprint density at radius 1 is 0.963 bits per heavy atom. The second kappa shape index (κ2) is 9.96. The number of anilines is 2. The number of sulfonamides is 1. The maximum Gasteiger partial charge on any atom is 0.264 e. The van der Waals surface area contributed by atoms with E-state index in [9.17, 15) is 8.42 Å². The fourth-order valence-corrected chi connectivity index (χ4v) is 3.01. The number of aromatic nitrogens is 2. The number of nitrogens with two attached hydrogens (primary N) is 1. The number of nitrogen functional groups attached to an aromatic ring is 1. The van der Waals surface area contributed by atoms with Crippen LogP contribution in [0.25, 0.3) is 0 Å². The molecule has 0 radical (unpaired) electrons. The lowest BCUT2D eigenvalue weighted by Crippen LogP contribution is -2.16. The third kappa shape index (κ3) is 6.59. The lowest BCUT2D eigenvalue weighted by Gasteiger charge is -2.12. The molecular weight excluding hydrogens is 368 g/mol. The molecule has 2 aromatic rings. The van der Waals surface area contributed by atoms with Crippen LogP contribution in [0.1, 0.15) is 39.5 Å². The van der Waals surface area contributed by atoms with E-state index in [-0.39, 0.29) is 22.6 Å². The van der Waals surface area contributed by atoms with Crippen LogP contribution in [0.2, 0.25) is 0 Å². The van der Waals surface area contributed by atoms with Crippen LogP contribution in [0.3, 0.4) is 0 Å². The Bertz CT molecular complexity index is 798. The molecule has 0 saturated carbocycles. The molecule has 1 aromatic heterocycles. The third-order valence-corrected chi connectivity index (χ3v) is 4.93. The van der Waals surface area contributed by atoms with Crippen molar-refractivity contribution < 1.29 is 17.9 Å². The van der Waals surface area contributed by atoms with Crippen molar-refractivity contribution in [3.63, 3.8) is 0 Å². The normalized spacial score (nSPS) is 11.2. The largest absolute Gasteiger partial charge is 0.477 e. The molecule has 0 unspecified atom stereocenters. The topological polar surface area (TPSA) is 116 Å². The molecule has 8 nitrogen and oxygen atoms in total. The van der Waals surface area contributed by atoms with Gasteiger partial charge in [-0.15, -0.1) is 0 Å². The van der Waals surface area contributed by atoms with Gasteiger partial charge in [-0.1, -0.05) is 26.7 Å². The standard InChI is InChI=1S/C18H26N4O4S/c1-3-5-11-25-16-13-17(26-12-6-4-2)21-18(20-16)22-27(23,24)15-9-7-14(19)8-10-15/h7-10,13H,3-6,11-12,19H2,1-2H3,(H,20,21,22). The molecule has 0 amide bonds. The van der Waals surface area contributed by atoms with Gasteiger partial charge in [0.15, 0.2) is 0 Å². The zero-order valence-electron chi connectivity index (χ0n) is 15.6. The maximum atomic E-state index is 12.5. The molecule has 0 aliphatic carbocycles. The van der Waals surface area contributed by atoms with E-state index < -0.39 is 10.0 Å². The third-order valence-electron chi connectivity index (χ3n) is 3.59. The van der Waals surface area contributed by atoms with E-state index in [4.69, 9.17) is 15.2 Å². The van der Waals surface area contributed by atoms with Gasteiger partial charge in [-0.25, -0.2) is 13.1 Å². The minimum atomic E-state index is -3.86. The summed E-state index contributed by atoms with van der Waals surface area (Å²) in [4.78, 5) is 8.33. The van der Waals surface area contributed by atoms with Crippen LogP contribution < -0.4 is 19.9 Å². The zero-order chi connectivity index (χ0) is 19.7. The summed E-state index contributed by atoms with van der Waals surface area (Å²) in [7, 11) is -3.86. The Hall–Kier alpha value is -2.55. The van der Waals surface area contributed by atoms with Crippen molar-refractivity contribution in [3.8, 4) is 11.8 Å². The highest BCUT2D eigenvalue weighted by Crippen LogP contribution is 2.21. The maximum absolute atomic E-state index is 12.5. The molecule has 0 fully saturated rings. The van der Waals surface area contributed by atoms with Gasteiger partial charge in [0.25, 0.3) is 10.0 Å².